The van der Waals surface area contributed by atoms with Gasteiger partial charge in [-0.2, -0.15) is 0 Å². The Hall–Kier alpha value is -2.51. The largest absolute Gasteiger partial charge is 0.465 e. The van der Waals surface area contributed by atoms with E-state index in [1.165, 1.54) is 21.8 Å². The summed E-state index contributed by atoms with van der Waals surface area (Å²) in [6.45, 7) is 37.2. The Kier molecular flexibility index (Phi) is 17.7. The Bertz CT molecular complexity index is 1910. The van der Waals surface area contributed by atoms with E-state index in [0.29, 0.717) is 43.0 Å². The molecule has 59 heavy (non-hydrogen) atoms. The van der Waals surface area contributed by atoms with E-state index in [-0.39, 0.29) is 47.0 Å². The molecule has 0 spiro atoms. The highest BCUT2D eigenvalue weighted by Gasteiger charge is 2.41. The number of hydrogen-bond acceptors (Lipinski definition) is 8. The summed E-state index contributed by atoms with van der Waals surface area (Å²) in [5.74, 6) is -1.04. The third-order valence-corrected chi connectivity index (χ3v) is 23.8. The molecule has 0 N–H and O–H groups in total. The molecule has 1 heterocycles. The van der Waals surface area contributed by atoms with Gasteiger partial charge in [0, 0.05) is 48.1 Å². The number of amides is 1. The number of fused-ring (bicyclic) bond motifs is 1. The molecule has 332 valence electrons. The maximum absolute atomic E-state index is 17.0. The molecule has 0 aliphatic heterocycles. The minimum absolute atomic E-state index is 0.00148. The molecule has 0 fully saturated rings. The Morgan fingerprint density at radius 3 is 1.95 bits per heavy atom. The Morgan fingerprint density at radius 1 is 0.763 bits per heavy atom. The van der Waals surface area contributed by atoms with Crippen molar-refractivity contribution in [3.05, 3.63) is 58.1 Å². The lowest BCUT2D eigenvalue weighted by Gasteiger charge is -2.39. The van der Waals surface area contributed by atoms with Crippen LogP contribution in [0.2, 0.25) is 87.6 Å². The highest BCUT2D eigenvalue weighted by molar-refractivity contribution is 6.76. The molecule has 15 heteroatoms. The van der Waals surface area contributed by atoms with E-state index in [1.807, 2.05) is 0 Å². The van der Waals surface area contributed by atoms with E-state index in [9.17, 15) is 9.59 Å². The third-order valence-electron chi connectivity index (χ3n) is 11.6. The Labute approximate surface area is 358 Å². The SMILES string of the molecule is CC(C)(C)[Si](C)(C)OCCCCCN(O[Si](C)(C)C(C)(C)C)C(=O)c1cccc(-c2nc3c(OCOCC[Si](C)(C)C)cccc3n(COCC[Si](C)(C)C)c2=O)c1F. The number of aromatic nitrogens is 2. The number of carbonyl (C=O) groups excluding carboxylic acids is 1. The van der Waals surface area contributed by atoms with Crippen molar-refractivity contribution >= 4 is 49.7 Å². The molecular weight excluding hydrogens is 814 g/mol. The molecule has 3 aromatic rings. The van der Waals surface area contributed by atoms with Crippen molar-refractivity contribution < 1.29 is 32.3 Å². The van der Waals surface area contributed by atoms with Gasteiger partial charge in [-0.05, 0) is 91.9 Å². The molecule has 0 bridgehead atoms. The second-order valence-electron chi connectivity index (χ2n) is 21.2. The molecule has 0 radical (unpaired) electrons. The highest BCUT2D eigenvalue weighted by Crippen LogP contribution is 2.38. The molecule has 10 nitrogen and oxygen atoms in total. The first-order valence-corrected chi connectivity index (χ1v) is 34.6. The molecule has 0 aliphatic rings. The van der Waals surface area contributed by atoms with Gasteiger partial charge in [-0.15, -0.1) is 0 Å². The van der Waals surface area contributed by atoms with E-state index in [2.05, 4.69) is 107 Å². The van der Waals surface area contributed by atoms with Crippen LogP contribution in [0.25, 0.3) is 22.3 Å². The predicted octanol–water partition coefficient (Wildman–Crippen LogP) is 11.8. The number of carbonyl (C=O) groups is 1. The lowest BCUT2D eigenvalue weighted by molar-refractivity contribution is -0.0460. The third kappa shape index (κ3) is 14.8. The van der Waals surface area contributed by atoms with Crippen LogP contribution in [-0.4, -0.2) is 86.5 Å². The number of halogens is 1. The zero-order chi connectivity index (χ0) is 44.6. The fourth-order valence-corrected chi connectivity index (χ4v) is 9.03. The molecule has 0 saturated heterocycles. The van der Waals surface area contributed by atoms with E-state index < -0.39 is 50.1 Å². The van der Waals surface area contributed by atoms with Gasteiger partial charge in [0.05, 0.1) is 11.1 Å². The van der Waals surface area contributed by atoms with Crippen LogP contribution in [0.3, 0.4) is 0 Å². The lowest BCUT2D eigenvalue weighted by Crippen LogP contribution is -2.49. The van der Waals surface area contributed by atoms with Crippen molar-refractivity contribution in [2.24, 2.45) is 0 Å². The number of para-hydroxylation sites is 1. The summed E-state index contributed by atoms with van der Waals surface area (Å²) in [7, 11) is -7.10. The second kappa shape index (κ2) is 20.6. The van der Waals surface area contributed by atoms with Gasteiger partial charge in [-0.1, -0.05) is 93.0 Å². The van der Waals surface area contributed by atoms with Crippen molar-refractivity contribution in [3.8, 4) is 17.0 Å². The van der Waals surface area contributed by atoms with E-state index >= 15 is 4.39 Å². The van der Waals surface area contributed by atoms with Gasteiger partial charge in [0.2, 0.25) is 8.32 Å². The first kappa shape index (κ1) is 50.8. The molecule has 0 aliphatic carbocycles. The zero-order valence-corrected chi connectivity index (χ0v) is 43.3. The molecule has 0 saturated carbocycles. The normalized spacial score (nSPS) is 13.3. The molecule has 1 aromatic heterocycles. The van der Waals surface area contributed by atoms with Gasteiger partial charge in [-0.3, -0.25) is 14.2 Å². The summed E-state index contributed by atoms with van der Waals surface area (Å²) in [6, 6.07) is 11.7. The average molecular weight is 890 g/mol. The van der Waals surface area contributed by atoms with Crippen LogP contribution in [0.5, 0.6) is 5.75 Å². The Morgan fingerprint density at radius 2 is 1.36 bits per heavy atom. The van der Waals surface area contributed by atoms with Crippen molar-refractivity contribution in [3.63, 3.8) is 0 Å². The summed E-state index contributed by atoms with van der Waals surface area (Å²) >= 11 is 0. The summed E-state index contributed by atoms with van der Waals surface area (Å²) in [5.41, 5.74) is -0.111. The number of benzene rings is 2. The highest BCUT2D eigenvalue weighted by atomic mass is 28.4. The predicted molar refractivity (Wildman–Crippen MR) is 251 cm³/mol. The Balaban J connectivity index is 2.03. The molecular formula is C44H76FN3O7Si4. The van der Waals surface area contributed by atoms with Crippen LogP contribution < -0.4 is 10.3 Å². The number of hydrogen-bond donors (Lipinski definition) is 0. The molecule has 3 rings (SSSR count). The molecule has 0 atom stereocenters. The van der Waals surface area contributed by atoms with Gasteiger partial charge in [0.15, 0.2) is 15.1 Å². The summed E-state index contributed by atoms with van der Waals surface area (Å²) in [4.78, 5) is 33.6. The maximum Gasteiger partial charge on any atom is 0.279 e. The number of ether oxygens (including phenoxy) is 3. The van der Waals surface area contributed by atoms with E-state index in [1.54, 1.807) is 24.3 Å². The number of nitrogens with zero attached hydrogens (tertiary/aromatic N) is 3. The van der Waals surface area contributed by atoms with Crippen LogP contribution in [-0.2, 0) is 25.2 Å². The van der Waals surface area contributed by atoms with E-state index in [4.69, 9.17) is 28.1 Å². The molecule has 0 unspecified atom stereocenters. The van der Waals surface area contributed by atoms with Crippen LogP contribution in [0.1, 0.15) is 71.2 Å². The van der Waals surface area contributed by atoms with Crippen LogP contribution in [0, 0.1) is 5.82 Å². The lowest BCUT2D eigenvalue weighted by atomic mass is 10.1. The van der Waals surface area contributed by atoms with Gasteiger partial charge in [0.25, 0.3) is 11.5 Å². The van der Waals surface area contributed by atoms with Gasteiger partial charge >= 0.3 is 0 Å². The fourth-order valence-electron chi connectivity index (χ4n) is 5.43. The first-order chi connectivity index (χ1) is 27.1. The number of hydroxylamine groups is 2. The first-order valence-electron chi connectivity index (χ1n) is 21.3. The minimum Gasteiger partial charge on any atom is -0.465 e. The van der Waals surface area contributed by atoms with Crippen molar-refractivity contribution in [1.82, 2.24) is 14.6 Å². The summed E-state index contributed by atoms with van der Waals surface area (Å²) < 4.78 is 49.5. The van der Waals surface area contributed by atoms with Gasteiger partial charge in [0.1, 0.15) is 29.5 Å². The number of rotatable bonds is 22. The summed E-state index contributed by atoms with van der Waals surface area (Å²) in [6.07, 6.45) is 2.31. The second-order valence-corrected chi connectivity index (χ2v) is 42.0. The maximum atomic E-state index is 17.0. The van der Waals surface area contributed by atoms with Crippen LogP contribution in [0.4, 0.5) is 4.39 Å². The van der Waals surface area contributed by atoms with Crippen molar-refractivity contribution in [1.29, 1.82) is 0 Å². The quantitative estimate of drug-likeness (QED) is 0.0425. The molecule has 1 amide bonds. The topological polar surface area (TPSA) is 101 Å². The molecule has 2 aromatic carbocycles. The zero-order valence-electron chi connectivity index (χ0n) is 39.3. The standard InChI is InChI=1S/C44H76FN3O7Si4/c1-43(2,3)58(13,14)54-27-19-17-18-26-48(55-59(15,16)44(4,5)6)41(49)35-23-20-22-34(38(35)45)39-42(50)47(32-51-28-30-56(7,8)9)36-24-21-25-37(40(36)46-39)53-33-52-29-31-57(10,11)12/h20-25H,17-19,26-33H2,1-16H3. The van der Waals surface area contributed by atoms with Crippen molar-refractivity contribution in [2.45, 2.75) is 155 Å². The number of unbranched alkanes of at least 4 members (excludes halogenated alkanes) is 2. The van der Waals surface area contributed by atoms with Crippen molar-refractivity contribution in [2.75, 3.05) is 33.2 Å². The van der Waals surface area contributed by atoms with Gasteiger partial charge < -0.3 is 23.2 Å². The monoisotopic (exact) mass is 889 g/mol. The van der Waals surface area contributed by atoms with E-state index in [0.717, 1.165) is 24.9 Å². The summed E-state index contributed by atoms with van der Waals surface area (Å²) in [5, 5.41) is 1.26. The minimum atomic E-state index is -2.52. The van der Waals surface area contributed by atoms with Gasteiger partial charge in [-0.25, -0.2) is 14.4 Å². The smallest absolute Gasteiger partial charge is 0.279 e. The van der Waals surface area contributed by atoms with Crippen LogP contribution in [0.15, 0.2) is 41.2 Å². The average Bonchev–Trinajstić information content (AvgIpc) is 3.09. The van der Waals surface area contributed by atoms with Crippen LogP contribution >= 0.6 is 0 Å². The fraction of sp³-hybridized carbons (Fsp3) is 0.659.